The van der Waals surface area contributed by atoms with Gasteiger partial charge in [-0.3, -0.25) is 14.8 Å². The van der Waals surface area contributed by atoms with E-state index in [4.69, 9.17) is 0 Å². The maximum absolute atomic E-state index is 13.5. The van der Waals surface area contributed by atoms with Crippen LogP contribution in [0.1, 0.15) is 0 Å². The second kappa shape index (κ2) is 5.42. The van der Waals surface area contributed by atoms with Crippen LogP contribution in [-0.4, -0.2) is 21.2 Å². The molecule has 0 atom stereocenters. The van der Waals surface area contributed by atoms with Crippen LogP contribution in [0.5, 0.6) is 0 Å². The number of halogens is 2. The molecule has 0 spiro atoms. The summed E-state index contributed by atoms with van der Waals surface area (Å²) in [5.41, 5.74) is -0.995. The fourth-order valence-corrected chi connectivity index (χ4v) is 1.56. The minimum absolute atomic E-state index is 0.243. The first-order valence-electron chi connectivity index (χ1n) is 5.42. The number of rotatable bonds is 5. The van der Waals surface area contributed by atoms with Crippen molar-refractivity contribution in [1.29, 1.82) is 0 Å². The van der Waals surface area contributed by atoms with Crippen molar-refractivity contribution in [3.63, 3.8) is 0 Å². The Morgan fingerprint density at radius 2 is 2.05 bits per heavy atom. The summed E-state index contributed by atoms with van der Waals surface area (Å²) in [6.45, 7) is 0.663. The standard InChI is InChI=1S/C11H10F2N4O2/c12-9-6-8(17(18)19)7-10(13)11(9)14-3-5-16-4-1-2-15-16/h1-2,4,6-7,14H,3,5H2. The van der Waals surface area contributed by atoms with Gasteiger partial charge in [-0.2, -0.15) is 5.10 Å². The maximum atomic E-state index is 13.5. The molecule has 19 heavy (non-hydrogen) atoms. The van der Waals surface area contributed by atoms with Gasteiger partial charge in [-0.25, -0.2) is 8.78 Å². The van der Waals surface area contributed by atoms with Crippen molar-refractivity contribution in [2.24, 2.45) is 0 Å². The highest BCUT2D eigenvalue weighted by atomic mass is 19.1. The highest BCUT2D eigenvalue weighted by Crippen LogP contribution is 2.24. The smallest absolute Gasteiger partial charge is 0.275 e. The van der Waals surface area contributed by atoms with E-state index in [1.54, 1.807) is 23.1 Å². The van der Waals surface area contributed by atoms with Gasteiger partial charge in [-0.15, -0.1) is 0 Å². The quantitative estimate of drug-likeness (QED) is 0.666. The molecular weight excluding hydrogens is 258 g/mol. The summed E-state index contributed by atoms with van der Waals surface area (Å²) in [4.78, 5) is 9.58. The Balaban J connectivity index is 2.06. The predicted octanol–water partition coefficient (Wildman–Crippen LogP) is 2.18. The molecular formula is C11H10F2N4O2. The molecule has 2 aromatic rings. The topological polar surface area (TPSA) is 73.0 Å². The molecule has 0 fully saturated rings. The van der Waals surface area contributed by atoms with Gasteiger partial charge in [-0.1, -0.05) is 0 Å². The lowest BCUT2D eigenvalue weighted by Crippen LogP contribution is -2.13. The van der Waals surface area contributed by atoms with Crippen LogP contribution in [0, 0.1) is 21.7 Å². The van der Waals surface area contributed by atoms with Crippen molar-refractivity contribution in [2.45, 2.75) is 6.54 Å². The molecule has 0 saturated carbocycles. The molecule has 8 heteroatoms. The summed E-state index contributed by atoms with van der Waals surface area (Å²) in [6.07, 6.45) is 3.30. The molecule has 1 heterocycles. The van der Waals surface area contributed by atoms with E-state index < -0.39 is 22.2 Å². The van der Waals surface area contributed by atoms with Gasteiger partial charge in [0.05, 0.1) is 23.6 Å². The van der Waals surface area contributed by atoms with Crippen LogP contribution in [0.3, 0.4) is 0 Å². The van der Waals surface area contributed by atoms with Crippen molar-refractivity contribution in [3.8, 4) is 0 Å². The maximum Gasteiger partial charge on any atom is 0.275 e. The third-order valence-electron chi connectivity index (χ3n) is 2.44. The third kappa shape index (κ3) is 3.03. The molecule has 1 aromatic heterocycles. The SMILES string of the molecule is O=[N+]([O-])c1cc(F)c(NCCn2cccn2)c(F)c1. The monoisotopic (exact) mass is 268 g/mol. The van der Waals surface area contributed by atoms with Crippen LogP contribution in [0.15, 0.2) is 30.6 Å². The van der Waals surface area contributed by atoms with E-state index in [1.807, 2.05) is 0 Å². The number of benzene rings is 1. The minimum atomic E-state index is -0.993. The fraction of sp³-hybridized carbons (Fsp3) is 0.182. The third-order valence-corrected chi connectivity index (χ3v) is 2.44. The van der Waals surface area contributed by atoms with Crippen molar-refractivity contribution in [2.75, 3.05) is 11.9 Å². The van der Waals surface area contributed by atoms with E-state index in [9.17, 15) is 18.9 Å². The first kappa shape index (κ1) is 12.9. The minimum Gasteiger partial charge on any atom is -0.378 e. The van der Waals surface area contributed by atoms with Crippen molar-refractivity contribution >= 4 is 11.4 Å². The number of hydrogen-bond acceptors (Lipinski definition) is 4. The first-order chi connectivity index (χ1) is 9.08. The number of nitro groups is 1. The van der Waals surface area contributed by atoms with Gasteiger partial charge in [-0.05, 0) is 6.07 Å². The van der Waals surface area contributed by atoms with Gasteiger partial charge in [0.25, 0.3) is 5.69 Å². The zero-order valence-corrected chi connectivity index (χ0v) is 9.72. The Labute approximate surface area is 106 Å². The zero-order valence-electron chi connectivity index (χ0n) is 9.72. The lowest BCUT2D eigenvalue weighted by atomic mass is 10.2. The molecule has 0 aliphatic heterocycles. The second-order valence-electron chi connectivity index (χ2n) is 3.74. The van der Waals surface area contributed by atoms with E-state index in [0.717, 1.165) is 0 Å². The molecule has 0 aliphatic carbocycles. The van der Waals surface area contributed by atoms with E-state index in [-0.39, 0.29) is 12.2 Å². The Morgan fingerprint density at radius 3 is 2.58 bits per heavy atom. The number of nitro benzene ring substituents is 1. The molecule has 0 bridgehead atoms. The van der Waals surface area contributed by atoms with E-state index in [2.05, 4.69) is 10.4 Å². The van der Waals surface area contributed by atoms with Crippen LogP contribution in [-0.2, 0) is 6.54 Å². The molecule has 0 aliphatic rings. The highest BCUT2D eigenvalue weighted by molar-refractivity contribution is 5.51. The average molecular weight is 268 g/mol. The predicted molar refractivity (Wildman–Crippen MR) is 63.7 cm³/mol. The molecule has 1 aromatic carbocycles. The first-order valence-corrected chi connectivity index (χ1v) is 5.42. The fourth-order valence-electron chi connectivity index (χ4n) is 1.56. The number of hydrogen-bond donors (Lipinski definition) is 1. The van der Waals surface area contributed by atoms with Crippen LogP contribution < -0.4 is 5.32 Å². The molecule has 0 saturated heterocycles. The second-order valence-corrected chi connectivity index (χ2v) is 3.74. The Hall–Kier alpha value is -2.51. The lowest BCUT2D eigenvalue weighted by molar-refractivity contribution is -0.385. The normalized spacial score (nSPS) is 10.4. The highest BCUT2D eigenvalue weighted by Gasteiger charge is 2.16. The van der Waals surface area contributed by atoms with Crippen LogP contribution in [0.4, 0.5) is 20.2 Å². The van der Waals surface area contributed by atoms with Crippen molar-refractivity contribution < 1.29 is 13.7 Å². The molecule has 1 N–H and O–H groups in total. The molecule has 0 amide bonds. The molecule has 0 radical (unpaired) electrons. The largest absolute Gasteiger partial charge is 0.378 e. The summed E-state index contributed by atoms with van der Waals surface area (Å²) < 4.78 is 28.6. The lowest BCUT2D eigenvalue weighted by Gasteiger charge is -2.08. The molecule has 100 valence electrons. The molecule has 2 rings (SSSR count). The Kier molecular flexibility index (Phi) is 3.69. The number of anilines is 1. The summed E-state index contributed by atoms with van der Waals surface area (Å²) in [7, 11) is 0. The number of nitrogens with one attached hydrogen (secondary N) is 1. The van der Waals surface area contributed by atoms with Gasteiger partial charge in [0, 0.05) is 18.9 Å². The Bertz CT molecular complexity index is 563. The van der Waals surface area contributed by atoms with Crippen LogP contribution in [0.2, 0.25) is 0 Å². The van der Waals surface area contributed by atoms with Gasteiger partial charge >= 0.3 is 0 Å². The van der Waals surface area contributed by atoms with Crippen LogP contribution >= 0.6 is 0 Å². The number of non-ortho nitro benzene ring substituents is 1. The zero-order chi connectivity index (χ0) is 13.8. The number of nitrogens with zero attached hydrogens (tertiary/aromatic N) is 3. The summed E-state index contributed by atoms with van der Waals surface area (Å²) in [5.74, 6) is -1.99. The van der Waals surface area contributed by atoms with E-state index in [1.165, 1.54) is 0 Å². The summed E-state index contributed by atoms with van der Waals surface area (Å²) >= 11 is 0. The molecule has 6 nitrogen and oxygen atoms in total. The van der Waals surface area contributed by atoms with Crippen LogP contribution in [0.25, 0.3) is 0 Å². The van der Waals surface area contributed by atoms with E-state index >= 15 is 0 Å². The van der Waals surface area contributed by atoms with Gasteiger partial charge < -0.3 is 5.32 Å². The Morgan fingerprint density at radius 1 is 1.37 bits per heavy atom. The number of aromatic nitrogens is 2. The average Bonchev–Trinajstić information content (AvgIpc) is 2.85. The summed E-state index contributed by atoms with van der Waals surface area (Å²) in [6, 6.07) is 3.09. The van der Waals surface area contributed by atoms with Gasteiger partial charge in [0.2, 0.25) is 0 Å². The molecule has 0 unspecified atom stereocenters. The van der Waals surface area contributed by atoms with Gasteiger partial charge in [0.1, 0.15) is 5.69 Å². The van der Waals surface area contributed by atoms with Crippen molar-refractivity contribution in [3.05, 3.63) is 52.3 Å². The van der Waals surface area contributed by atoms with E-state index in [0.29, 0.717) is 18.7 Å². The van der Waals surface area contributed by atoms with Gasteiger partial charge in [0.15, 0.2) is 11.6 Å². The summed E-state index contributed by atoms with van der Waals surface area (Å²) in [5, 5.41) is 16.9. The van der Waals surface area contributed by atoms with Crippen molar-refractivity contribution in [1.82, 2.24) is 9.78 Å².